The molecule has 1 saturated heterocycles. The number of nitrogens with zero attached hydrogens (tertiary/aromatic N) is 3. The van der Waals surface area contributed by atoms with Gasteiger partial charge in [0.15, 0.2) is 5.41 Å². The third kappa shape index (κ3) is 0.927. The Morgan fingerprint density at radius 3 is 2.68 bits per heavy atom. The molecule has 100 valence electrons. The van der Waals surface area contributed by atoms with Crippen LogP contribution in [-0.2, 0) is 4.74 Å². The van der Waals surface area contributed by atoms with Crippen LogP contribution in [0.15, 0.2) is 4.99 Å². The summed E-state index contributed by atoms with van der Waals surface area (Å²) in [5.74, 6) is 1.06. The lowest BCUT2D eigenvalue weighted by molar-refractivity contribution is 0.00823. The summed E-state index contributed by atoms with van der Waals surface area (Å²) in [6, 6.07) is 4.69. The van der Waals surface area contributed by atoms with Crippen molar-refractivity contribution in [2.75, 3.05) is 12.4 Å². The van der Waals surface area contributed by atoms with Gasteiger partial charge in [-0.25, -0.2) is 4.99 Å². The number of hydrogen-bond acceptors (Lipinski definition) is 6. The molecule has 1 aliphatic carbocycles. The molecule has 5 nitrogen and oxygen atoms in total. The number of ether oxygens (including phenoxy) is 1. The fraction of sp³-hybridized carbons (Fsp3) is 0.769. The summed E-state index contributed by atoms with van der Waals surface area (Å²) in [6.45, 7) is 4.58. The molecule has 6 heteroatoms. The Balaban J connectivity index is 2.23. The highest BCUT2D eigenvalue weighted by atomic mass is 32.2. The summed E-state index contributed by atoms with van der Waals surface area (Å²) in [7, 11) is 0. The number of thioether (sulfide) groups is 1. The van der Waals surface area contributed by atoms with Gasteiger partial charge in [0.05, 0.1) is 18.7 Å². The molecule has 3 aliphatic rings. The smallest absolute Gasteiger partial charge is 0.230 e. The van der Waals surface area contributed by atoms with Crippen molar-refractivity contribution in [3.63, 3.8) is 0 Å². The van der Waals surface area contributed by atoms with Crippen LogP contribution in [0.25, 0.3) is 0 Å². The van der Waals surface area contributed by atoms with Gasteiger partial charge in [-0.15, -0.1) is 0 Å². The third-order valence-corrected chi connectivity index (χ3v) is 6.32. The summed E-state index contributed by atoms with van der Waals surface area (Å²) in [5.41, 5.74) is 3.67. The van der Waals surface area contributed by atoms with E-state index in [4.69, 9.17) is 10.5 Å². The van der Waals surface area contributed by atoms with Gasteiger partial charge in [0.2, 0.25) is 5.06 Å². The van der Waals surface area contributed by atoms with Crippen LogP contribution in [-0.4, -0.2) is 23.3 Å². The Morgan fingerprint density at radius 2 is 2.21 bits per heavy atom. The zero-order valence-corrected chi connectivity index (χ0v) is 11.9. The number of rotatable bonds is 2. The molecule has 19 heavy (non-hydrogen) atoms. The molecule has 2 aliphatic heterocycles. The molecule has 0 radical (unpaired) electrons. The van der Waals surface area contributed by atoms with Crippen LogP contribution in [0.3, 0.4) is 0 Å². The maximum absolute atomic E-state index is 9.85. The number of amidine groups is 1. The van der Waals surface area contributed by atoms with Crippen LogP contribution in [0.4, 0.5) is 0 Å². The minimum Gasteiger partial charge on any atom is -0.386 e. The maximum atomic E-state index is 9.85. The number of fused-ring (bicyclic) bond motifs is 2. The zero-order chi connectivity index (χ0) is 13.9. The summed E-state index contributed by atoms with van der Waals surface area (Å²) < 4.78 is 5.81. The number of hydrogen-bond donors (Lipinski definition) is 1. The van der Waals surface area contributed by atoms with Gasteiger partial charge in [-0.05, 0) is 6.42 Å². The fourth-order valence-electron chi connectivity index (χ4n) is 4.27. The largest absolute Gasteiger partial charge is 0.386 e. The Morgan fingerprint density at radius 1 is 1.47 bits per heavy atom. The Kier molecular flexibility index (Phi) is 2.32. The normalized spacial score (nSPS) is 50.4. The van der Waals surface area contributed by atoms with E-state index in [0.29, 0.717) is 6.61 Å². The molecule has 0 unspecified atom stereocenters. The summed E-state index contributed by atoms with van der Waals surface area (Å²) in [6.07, 6.45) is 1.67. The highest BCUT2D eigenvalue weighted by Gasteiger charge is 2.98. The summed E-state index contributed by atoms with van der Waals surface area (Å²) in [5, 5.41) is 18.6. The lowest BCUT2D eigenvalue weighted by Gasteiger charge is -2.29. The number of aliphatic imine (C=N–C) groups is 1. The van der Waals surface area contributed by atoms with Crippen LogP contribution in [0.1, 0.15) is 26.7 Å². The molecule has 2 fully saturated rings. The number of nitriles is 2. The van der Waals surface area contributed by atoms with Crippen molar-refractivity contribution >= 4 is 17.6 Å². The summed E-state index contributed by atoms with van der Waals surface area (Å²) >= 11 is 1.51. The van der Waals surface area contributed by atoms with Crippen molar-refractivity contribution < 1.29 is 4.74 Å². The molecule has 0 aromatic heterocycles. The molecular formula is C13H16N4OS. The van der Waals surface area contributed by atoms with Crippen LogP contribution in [0.2, 0.25) is 0 Å². The number of nitrogens with two attached hydrogens (primary N) is 1. The van der Waals surface area contributed by atoms with Crippen LogP contribution >= 0.6 is 11.8 Å². The van der Waals surface area contributed by atoms with Gasteiger partial charge >= 0.3 is 0 Å². The lowest BCUT2D eigenvalue weighted by Crippen LogP contribution is -2.36. The van der Waals surface area contributed by atoms with E-state index in [1.54, 1.807) is 0 Å². The maximum Gasteiger partial charge on any atom is 0.230 e. The molecule has 2 heterocycles. The second-order valence-corrected chi connectivity index (χ2v) is 6.83. The van der Waals surface area contributed by atoms with E-state index in [1.165, 1.54) is 11.8 Å². The molecule has 1 saturated carbocycles. The van der Waals surface area contributed by atoms with E-state index in [2.05, 4.69) is 24.1 Å². The lowest BCUT2D eigenvalue weighted by atomic mass is 9.88. The molecule has 0 amide bonds. The quantitative estimate of drug-likeness (QED) is 0.826. The minimum atomic E-state index is -0.984. The fourth-order valence-corrected chi connectivity index (χ4v) is 5.68. The van der Waals surface area contributed by atoms with Crippen molar-refractivity contribution in [3.8, 4) is 12.1 Å². The Bertz CT molecular complexity index is 556. The molecular weight excluding hydrogens is 260 g/mol. The van der Waals surface area contributed by atoms with E-state index < -0.39 is 21.3 Å². The van der Waals surface area contributed by atoms with Gasteiger partial charge in [-0.3, -0.25) is 0 Å². The van der Waals surface area contributed by atoms with E-state index in [-0.39, 0.29) is 5.84 Å². The van der Waals surface area contributed by atoms with E-state index in [0.717, 1.165) is 18.6 Å². The van der Waals surface area contributed by atoms with E-state index >= 15 is 0 Å². The Hall–Kier alpha value is -1.24. The van der Waals surface area contributed by atoms with E-state index in [9.17, 15) is 10.5 Å². The van der Waals surface area contributed by atoms with Crippen molar-refractivity contribution in [3.05, 3.63) is 0 Å². The second kappa shape index (κ2) is 3.45. The van der Waals surface area contributed by atoms with Gasteiger partial charge < -0.3 is 10.5 Å². The Labute approximate surface area is 116 Å². The van der Waals surface area contributed by atoms with Gasteiger partial charge in [0.25, 0.3) is 0 Å². The topological polar surface area (TPSA) is 95.2 Å². The predicted molar refractivity (Wildman–Crippen MR) is 71.9 cm³/mol. The third-order valence-electron chi connectivity index (χ3n) is 5.05. The first kappa shape index (κ1) is 12.8. The van der Waals surface area contributed by atoms with Gasteiger partial charge in [0, 0.05) is 11.2 Å². The van der Waals surface area contributed by atoms with E-state index in [1.807, 2.05) is 6.92 Å². The molecule has 4 atom stereocenters. The molecule has 0 aromatic carbocycles. The summed E-state index contributed by atoms with van der Waals surface area (Å²) in [4.78, 5) is 4.40. The predicted octanol–water partition coefficient (Wildman–Crippen LogP) is 1.61. The highest BCUT2D eigenvalue weighted by molar-refractivity contribution is 8.00. The molecule has 0 aromatic rings. The average Bonchev–Trinajstić information content (AvgIpc) is 2.72. The van der Waals surface area contributed by atoms with Crippen LogP contribution in [0.5, 0.6) is 0 Å². The first-order valence-electron chi connectivity index (χ1n) is 6.48. The highest BCUT2D eigenvalue weighted by Crippen LogP contribution is 2.88. The minimum absolute atomic E-state index is 0.280. The van der Waals surface area contributed by atoms with Crippen LogP contribution < -0.4 is 5.73 Å². The van der Waals surface area contributed by atoms with Crippen molar-refractivity contribution in [2.45, 2.75) is 31.7 Å². The molecule has 2 N–H and O–H groups in total. The van der Waals surface area contributed by atoms with Gasteiger partial charge in [-0.1, -0.05) is 32.0 Å². The van der Waals surface area contributed by atoms with Crippen molar-refractivity contribution in [1.82, 2.24) is 0 Å². The second-order valence-electron chi connectivity index (χ2n) is 5.58. The first-order valence-corrected chi connectivity index (χ1v) is 7.46. The van der Waals surface area contributed by atoms with Gasteiger partial charge in [0.1, 0.15) is 11.3 Å². The standard InChI is InChI=1S/C13H16N4OS/c1-3-4-10(2)11(7-14)9(16)17-13(12(10,11)8-15)18-5-6-19-13/h3-6H2,1-2H3,(H2,16,17)/t10-,11+,12-,13-/m1/s1. The molecule has 3 rings (SSSR count). The van der Waals surface area contributed by atoms with Crippen LogP contribution in [0, 0.1) is 38.9 Å². The molecule has 1 spiro atoms. The SMILES string of the molecule is CCC[C@]1(C)[C@]2(C#N)C(N)=N[C@@]3(OCCS3)[C@]12C#N. The zero-order valence-electron chi connectivity index (χ0n) is 11.1. The van der Waals surface area contributed by atoms with Crippen molar-refractivity contribution in [2.24, 2.45) is 27.0 Å². The monoisotopic (exact) mass is 276 g/mol. The average molecular weight is 276 g/mol. The van der Waals surface area contributed by atoms with Crippen molar-refractivity contribution in [1.29, 1.82) is 10.5 Å². The molecule has 0 bridgehead atoms. The first-order chi connectivity index (χ1) is 9.02. The van der Waals surface area contributed by atoms with Gasteiger partial charge in [-0.2, -0.15) is 10.5 Å².